The summed E-state index contributed by atoms with van der Waals surface area (Å²) in [6.07, 6.45) is 0. The number of amides is 2. The average Bonchev–Trinajstić information content (AvgIpc) is 3.09. The zero-order chi connectivity index (χ0) is 19.2. The topological polar surface area (TPSA) is 119 Å². The summed E-state index contributed by atoms with van der Waals surface area (Å²) in [5.41, 5.74) is 0.00635. The van der Waals surface area contributed by atoms with E-state index in [0.29, 0.717) is 10.8 Å². The van der Waals surface area contributed by atoms with Crippen molar-refractivity contribution in [2.45, 2.75) is 6.61 Å². The highest BCUT2D eigenvalue weighted by atomic mass is 32.1. The van der Waals surface area contributed by atoms with Gasteiger partial charge in [0.2, 0.25) is 5.13 Å². The molecule has 0 bridgehead atoms. The second-order valence-corrected chi connectivity index (χ2v) is 6.16. The summed E-state index contributed by atoms with van der Waals surface area (Å²) in [7, 11) is 0. The van der Waals surface area contributed by atoms with E-state index in [1.54, 1.807) is 6.07 Å². The molecule has 2 amide bonds. The van der Waals surface area contributed by atoms with Crippen LogP contribution in [-0.4, -0.2) is 21.2 Å². The number of aromatic nitrogens is 2. The Labute approximate surface area is 156 Å². The van der Waals surface area contributed by atoms with Crippen LogP contribution in [0.2, 0.25) is 0 Å². The van der Waals surface area contributed by atoms with E-state index >= 15 is 0 Å². The van der Waals surface area contributed by atoms with E-state index in [1.807, 2.05) is 0 Å². The molecule has 0 spiro atoms. The van der Waals surface area contributed by atoms with Crippen molar-refractivity contribution in [3.8, 4) is 5.75 Å². The predicted octanol–water partition coefficient (Wildman–Crippen LogP) is 3.81. The first-order valence-corrected chi connectivity index (χ1v) is 8.35. The molecule has 0 saturated heterocycles. The summed E-state index contributed by atoms with van der Waals surface area (Å²) < 4.78 is 19.0. The highest BCUT2D eigenvalue weighted by Crippen LogP contribution is 2.21. The first kappa shape index (κ1) is 18.2. The van der Waals surface area contributed by atoms with Gasteiger partial charge >= 0.3 is 6.03 Å². The van der Waals surface area contributed by atoms with Gasteiger partial charge in [-0.25, -0.2) is 9.18 Å². The summed E-state index contributed by atoms with van der Waals surface area (Å²) in [4.78, 5) is 22.0. The summed E-state index contributed by atoms with van der Waals surface area (Å²) in [6.45, 7) is 0.0755. The van der Waals surface area contributed by atoms with Crippen molar-refractivity contribution >= 4 is 33.9 Å². The number of rotatable bonds is 6. The van der Waals surface area contributed by atoms with Gasteiger partial charge in [0, 0.05) is 12.1 Å². The predicted molar refractivity (Wildman–Crippen MR) is 96.4 cm³/mol. The zero-order valence-corrected chi connectivity index (χ0v) is 14.4. The molecular weight excluding hydrogens is 377 g/mol. The van der Waals surface area contributed by atoms with Gasteiger partial charge < -0.3 is 10.1 Å². The van der Waals surface area contributed by atoms with Gasteiger partial charge in [0.25, 0.3) is 5.69 Å². The fourth-order valence-electron chi connectivity index (χ4n) is 1.98. The van der Waals surface area contributed by atoms with Crippen LogP contribution in [0.4, 0.5) is 25.7 Å². The molecule has 2 N–H and O–H groups in total. The fourth-order valence-corrected chi connectivity index (χ4v) is 2.63. The second kappa shape index (κ2) is 8.19. The van der Waals surface area contributed by atoms with E-state index in [-0.39, 0.29) is 23.1 Å². The number of nitro groups is 1. The van der Waals surface area contributed by atoms with Crippen molar-refractivity contribution in [3.63, 3.8) is 0 Å². The summed E-state index contributed by atoms with van der Waals surface area (Å²) >= 11 is 1.08. The number of urea groups is 1. The van der Waals surface area contributed by atoms with Crippen LogP contribution in [0, 0.1) is 15.9 Å². The van der Waals surface area contributed by atoms with Crippen molar-refractivity contribution in [1.82, 2.24) is 10.2 Å². The fraction of sp³-hybridized carbons (Fsp3) is 0.0625. The number of nitrogens with one attached hydrogen (secondary N) is 2. The van der Waals surface area contributed by atoms with Crippen LogP contribution in [0.15, 0.2) is 48.5 Å². The van der Waals surface area contributed by atoms with Gasteiger partial charge in [-0.2, -0.15) is 0 Å². The molecule has 3 rings (SSSR count). The van der Waals surface area contributed by atoms with Gasteiger partial charge in [0.1, 0.15) is 18.2 Å². The number of anilines is 2. The van der Waals surface area contributed by atoms with Crippen molar-refractivity contribution < 1.29 is 18.8 Å². The Morgan fingerprint density at radius 1 is 1.15 bits per heavy atom. The van der Waals surface area contributed by atoms with Gasteiger partial charge in [-0.1, -0.05) is 23.5 Å². The number of nitro benzene ring substituents is 1. The van der Waals surface area contributed by atoms with Crippen LogP contribution in [0.5, 0.6) is 5.75 Å². The van der Waals surface area contributed by atoms with Gasteiger partial charge in [-0.3, -0.25) is 15.4 Å². The second-order valence-electron chi connectivity index (χ2n) is 5.10. The van der Waals surface area contributed by atoms with E-state index in [9.17, 15) is 19.3 Å². The van der Waals surface area contributed by atoms with Crippen molar-refractivity contribution in [2.24, 2.45) is 0 Å². The third-order valence-electron chi connectivity index (χ3n) is 3.22. The lowest BCUT2D eigenvalue weighted by atomic mass is 10.3. The maximum Gasteiger partial charge on any atom is 0.325 e. The maximum absolute atomic E-state index is 13.5. The first-order chi connectivity index (χ1) is 13.0. The quantitative estimate of drug-likeness (QED) is 0.489. The molecule has 138 valence electrons. The number of ether oxygens (including phenoxy) is 1. The number of non-ortho nitro benzene ring substituents is 1. The molecule has 11 heteroatoms. The van der Waals surface area contributed by atoms with Crippen molar-refractivity contribution in [1.29, 1.82) is 0 Å². The lowest BCUT2D eigenvalue weighted by Gasteiger charge is -2.05. The number of benzene rings is 2. The van der Waals surface area contributed by atoms with Crippen LogP contribution < -0.4 is 15.4 Å². The van der Waals surface area contributed by atoms with Crippen LogP contribution >= 0.6 is 11.3 Å². The summed E-state index contributed by atoms with van der Waals surface area (Å²) in [5, 5.41) is 23.8. The molecule has 2 aromatic carbocycles. The maximum atomic E-state index is 13.5. The molecule has 0 saturated carbocycles. The Morgan fingerprint density at radius 2 is 1.89 bits per heavy atom. The number of para-hydroxylation sites is 1. The Balaban J connectivity index is 1.53. The highest BCUT2D eigenvalue weighted by molar-refractivity contribution is 7.15. The third kappa shape index (κ3) is 4.95. The molecule has 1 heterocycles. The van der Waals surface area contributed by atoms with Crippen LogP contribution in [-0.2, 0) is 6.61 Å². The first-order valence-electron chi connectivity index (χ1n) is 7.53. The number of hydrogen-bond donors (Lipinski definition) is 2. The van der Waals surface area contributed by atoms with Gasteiger partial charge in [-0.05, 0) is 24.3 Å². The Kier molecular flexibility index (Phi) is 5.52. The Bertz CT molecular complexity index is 963. The van der Waals surface area contributed by atoms with Crippen LogP contribution in [0.3, 0.4) is 0 Å². The average molecular weight is 389 g/mol. The van der Waals surface area contributed by atoms with E-state index in [1.165, 1.54) is 42.5 Å². The van der Waals surface area contributed by atoms with Crippen LogP contribution in [0.1, 0.15) is 5.01 Å². The molecule has 0 aliphatic heterocycles. The summed E-state index contributed by atoms with van der Waals surface area (Å²) in [6, 6.07) is 10.7. The molecule has 0 fully saturated rings. The molecule has 0 aliphatic rings. The molecule has 1 aromatic heterocycles. The lowest BCUT2D eigenvalue weighted by Crippen LogP contribution is -2.19. The Hall–Kier alpha value is -3.60. The number of carbonyl (C=O) groups is 1. The minimum atomic E-state index is -0.654. The van der Waals surface area contributed by atoms with E-state index < -0.39 is 16.8 Å². The standard InChI is InChI=1S/C16H12FN5O4S/c17-12-3-1-2-4-13(12)18-15(23)19-16-21-20-14(27-16)9-26-11-7-5-10(6-8-11)22(24)25/h1-8H,9H2,(H2,18,19,21,23). The summed E-state index contributed by atoms with van der Waals surface area (Å²) in [5.74, 6) is -0.121. The molecule has 3 aromatic rings. The molecule has 0 radical (unpaired) electrons. The number of carbonyl (C=O) groups excluding carboxylic acids is 1. The van der Waals surface area contributed by atoms with E-state index in [0.717, 1.165) is 11.3 Å². The van der Waals surface area contributed by atoms with Crippen molar-refractivity contribution in [3.05, 3.63) is 69.5 Å². The largest absolute Gasteiger partial charge is 0.486 e. The molecule has 0 aliphatic carbocycles. The van der Waals surface area contributed by atoms with Gasteiger partial charge in [0.15, 0.2) is 5.01 Å². The normalized spacial score (nSPS) is 10.3. The minimum Gasteiger partial charge on any atom is -0.486 e. The van der Waals surface area contributed by atoms with Gasteiger partial charge in [-0.15, -0.1) is 10.2 Å². The highest BCUT2D eigenvalue weighted by Gasteiger charge is 2.11. The number of hydrogen-bond acceptors (Lipinski definition) is 7. The van der Waals surface area contributed by atoms with Crippen LogP contribution in [0.25, 0.3) is 0 Å². The molecular formula is C16H12FN5O4S. The zero-order valence-electron chi connectivity index (χ0n) is 13.6. The van der Waals surface area contributed by atoms with Crippen molar-refractivity contribution in [2.75, 3.05) is 10.6 Å². The lowest BCUT2D eigenvalue weighted by molar-refractivity contribution is -0.384. The third-order valence-corrected chi connectivity index (χ3v) is 4.03. The minimum absolute atomic E-state index is 0.0365. The number of halogens is 1. The van der Waals surface area contributed by atoms with E-state index in [4.69, 9.17) is 4.74 Å². The monoisotopic (exact) mass is 389 g/mol. The SMILES string of the molecule is O=C(Nc1nnc(COc2ccc([N+](=O)[O-])cc2)s1)Nc1ccccc1F. The van der Waals surface area contributed by atoms with E-state index in [2.05, 4.69) is 20.8 Å². The Morgan fingerprint density at radius 3 is 2.59 bits per heavy atom. The number of nitrogens with zero attached hydrogens (tertiary/aromatic N) is 3. The molecule has 27 heavy (non-hydrogen) atoms. The smallest absolute Gasteiger partial charge is 0.325 e. The molecule has 9 nitrogen and oxygen atoms in total. The molecule has 0 atom stereocenters. The molecule has 0 unspecified atom stereocenters. The van der Waals surface area contributed by atoms with Gasteiger partial charge in [0.05, 0.1) is 10.6 Å².